The molecule has 2 rings (SSSR count). The zero-order chi connectivity index (χ0) is 13.7. The highest BCUT2D eigenvalue weighted by molar-refractivity contribution is 9.10. The van der Waals surface area contributed by atoms with E-state index in [2.05, 4.69) is 21.2 Å². The maximum atomic E-state index is 12.0. The molecular formula is C14H19BrN2O2. The quantitative estimate of drug-likeness (QED) is 0.867. The van der Waals surface area contributed by atoms with Gasteiger partial charge in [0.2, 0.25) is 5.91 Å². The van der Waals surface area contributed by atoms with Crippen molar-refractivity contribution in [3.63, 3.8) is 0 Å². The van der Waals surface area contributed by atoms with Gasteiger partial charge >= 0.3 is 0 Å². The molecule has 0 radical (unpaired) electrons. The largest absolute Gasteiger partial charge is 0.352 e. The van der Waals surface area contributed by atoms with Crippen molar-refractivity contribution >= 4 is 21.8 Å². The van der Waals surface area contributed by atoms with Gasteiger partial charge in [-0.2, -0.15) is 0 Å². The number of hydrogen-bond acceptors (Lipinski definition) is 2. The van der Waals surface area contributed by atoms with Crippen molar-refractivity contribution in [3.05, 3.63) is 33.2 Å². The maximum absolute atomic E-state index is 12.0. The number of nitrogens with one attached hydrogen (secondary N) is 1. The summed E-state index contributed by atoms with van der Waals surface area (Å²) >= 11 is 3.18. The zero-order valence-electron chi connectivity index (χ0n) is 10.9. The third kappa shape index (κ3) is 4.20. The Bertz CT molecular complexity index is 490. The van der Waals surface area contributed by atoms with E-state index < -0.39 is 0 Å². The molecule has 0 bridgehead atoms. The van der Waals surface area contributed by atoms with Crippen LogP contribution in [-0.2, 0) is 11.3 Å². The number of rotatable bonds is 3. The summed E-state index contributed by atoms with van der Waals surface area (Å²) in [7, 11) is 0. The predicted molar refractivity (Wildman–Crippen MR) is 78.0 cm³/mol. The lowest BCUT2D eigenvalue weighted by Crippen LogP contribution is -2.38. The van der Waals surface area contributed by atoms with Crippen LogP contribution in [0.3, 0.4) is 0 Å². The van der Waals surface area contributed by atoms with Crippen molar-refractivity contribution in [2.75, 3.05) is 0 Å². The molecule has 104 valence electrons. The standard InChI is InChI=1S/C14H19BrN2O2/c15-12-8-5-9-17(14(12)19)10-13(18)16-11-6-3-1-2-4-7-11/h5,8-9,11H,1-4,6-7,10H2,(H,16,18). The van der Waals surface area contributed by atoms with E-state index in [0.29, 0.717) is 4.47 Å². The molecule has 1 aromatic rings. The molecule has 0 unspecified atom stereocenters. The number of aromatic nitrogens is 1. The number of nitrogens with zero attached hydrogens (tertiary/aromatic N) is 1. The van der Waals surface area contributed by atoms with Crippen molar-refractivity contribution in [3.8, 4) is 0 Å². The van der Waals surface area contributed by atoms with E-state index in [1.54, 1.807) is 18.3 Å². The second kappa shape index (κ2) is 6.89. The fourth-order valence-electron chi connectivity index (χ4n) is 2.48. The van der Waals surface area contributed by atoms with Crippen LogP contribution in [0, 0.1) is 0 Å². The highest BCUT2D eigenvalue weighted by atomic mass is 79.9. The molecule has 0 atom stereocenters. The van der Waals surface area contributed by atoms with Gasteiger partial charge in [0.25, 0.3) is 5.56 Å². The molecule has 4 nitrogen and oxygen atoms in total. The average molecular weight is 327 g/mol. The number of hydrogen-bond donors (Lipinski definition) is 1. The highest BCUT2D eigenvalue weighted by Crippen LogP contribution is 2.17. The van der Waals surface area contributed by atoms with Crippen LogP contribution in [0.5, 0.6) is 0 Å². The lowest BCUT2D eigenvalue weighted by atomic mass is 10.1. The molecule has 1 aromatic heterocycles. The van der Waals surface area contributed by atoms with Crippen LogP contribution in [-0.4, -0.2) is 16.5 Å². The molecule has 1 heterocycles. The van der Waals surface area contributed by atoms with Crippen LogP contribution in [0.2, 0.25) is 0 Å². The average Bonchev–Trinajstić information content (AvgIpc) is 2.63. The van der Waals surface area contributed by atoms with Gasteiger partial charge in [0, 0.05) is 12.2 Å². The van der Waals surface area contributed by atoms with Crippen molar-refractivity contribution < 1.29 is 4.79 Å². The first-order valence-corrected chi connectivity index (χ1v) is 7.60. The van der Waals surface area contributed by atoms with Gasteiger partial charge in [-0.3, -0.25) is 9.59 Å². The Morgan fingerprint density at radius 1 is 1.32 bits per heavy atom. The third-order valence-corrected chi connectivity index (χ3v) is 4.11. The Balaban J connectivity index is 1.93. The van der Waals surface area contributed by atoms with Gasteiger partial charge in [0.05, 0.1) is 4.47 Å². The van der Waals surface area contributed by atoms with Gasteiger partial charge in [-0.25, -0.2) is 0 Å². The summed E-state index contributed by atoms with van der Waals surface area (Å²) in [5.74, 6) is -0.0768. The van der Waals surface area contributed by atoms with Crippen molar-refractivity contribution in [1.29, 1.82) is 0 Å². The molecule has 1 N–H and O–H groups in total. The third-order valence-electron chi connectivity index (χ3n) is 3.51. The Kier molecular flexibility index (Phi) is 5.19. The van der Waals surface area contributed by atoms with Gasteiger partial charge < -0.3 is 9.88 Å². The van der Waals surface area contributed by atoms with Crippen LogP contribution < -0.4 is 10.9 Å². The molecule has 1 amide bonds. The Labute approximate surface area is 121 Å². The number of halogens is 1. The van der Waals surface area contributed by atoms with E-state index in [4.69, 9.17) is 0 Å². The number of amides is 1. The van der Waals surface area contributed by atoms with E-state index in [9.17, 15) is 9.59 Å². The fourth-order valence-corrected chi connectivity index (χ4v) is 2.86. The summed E-state index contributed by atoms with van der Waals surface area (Å²) in [6.07, 6.45) is 8.64. The Morgan fingerprint density at radius 2 is 2.00 bits per heavy atom. The minimum absolute atomic E-state index is 0.0768. The minimum Gasteiger partial charge on any atom is -0.352 e. The second-order valence-corrected chi connectivity index (χ2v) is 5.90. The molecule has 0 spiro atoms. The normalized spacial score (nSPS) is 16.9. The predicted octanol–water partition coefficient (Wildman–Crippen LogP) is 2.45. The maximum Gasteiger partial charge on any atom is 0.265 e. The SMILES string of the molecule is O=C(Cn1cccc(Br)c1=O)NC1CCCCCC1. The van der Waals surface area contributed by atoms with Crippen molar-refractivity contribution in [2.45, 2.75) is 51.1 Å². The van der Waals surface area contributed by atoms with Crippen LogP contribution in [0.4, 0.5) is 0 Å². The molecule has 1 fully saturated rings. The van der Waals surface area contributed by atoms with Crippen LogP contribution in [0.1, 0.15) is 38.5 Å². The molecule has 0 aliphatic heterocycles. The Morgan fingerprint density at radius 3 is 2.68 bits per heavy atom. The lowest BCUT2D eigenvalue weighted by Gasteiger charge is -2.16. The molecule has 1 aliphatic rings. The summed E-state index contributed by atoms with van der Waals surface area (Å²) in [5, 5.41) is 3.04. The lowest BCUT2D eigenvalue weighted by molar-refractivity contribution is -0.122. The van der Waals surface area contributed by atoms with E-state index in [1.165, 1.54) is 30.3 Å². The number of carbonyl (C=O) groups is 1. The molecule has 19 heavy (non-hydrogen) atoms. The summed E-state index contributed by atoms with van der Waals surface area (Å²) in [4.78, 5) is 23.8. The number of pyridine rings is 1. The van der Waals surface area contributed by atoms with Crippen molar-refractivity contribution in [1.82, 2.24) is 9.88 Å². The number of carbonyl (C=O) groups excluding carboxylic acids is 1. The van der Waals surface area contributed by atoms with Gasteiger partial charge in [-0.15, -0.1) is 0 Å². The van der Waals surface area contributed by atoms with Gasteiger partial charge in [-0.05, 0) is 40.9 Å². The first-order valence-electron chi connectivity index (χ1n) is 6.81. The first kappa shape index (κ1) is 14.3. The monoisotopic (exact) mass is 326 g/mol. The zero-order valence-corrected chi connectivity index (χ0v) is 12.5. The van der Waals surface area contributed by atoms with Gasteiger partial charge in [0.1, 0.15) is 6.54 Å². The first-order chi connectivity index (χ1) is 9.16. The molecule has 5 heteroatoms. The minimum atomic E-state index is -0.168. The second-order valence-electron chi connectivity index (χ2n) is 5.05. The smallest absolute Gasteiger partial charge is 0.265 e. The molecular weight excluding hydrogens is 308 g/mol. The summed E-state index contributed by atoms with van der Waals surface area (Å²) < 4.78 is 1.91. The van der Waals surface area contributed by atoms with Crippen molar-refractivity contribution in [2.24, 2.45) is 0 Å². The summed E-state index contributed by atoms with van der Waals surface area (Å²) in [5.41, 5.74) is -0.168. The Hall–Kier alpha value is -1.10. The molecule has 1 aliphatic carbocycles. The van der Waals surface area contributed by atoms with Gasteiger partial charge in [0.15, 0.2) is 0 Å². The van der Waals surface area contributed by atoms with E-state index in [-0.39, 0.29) is 24.1 Å². The molecule has 1 saturated carbocycles. The molecule has 0 aromatic carbocycles. The summed E-state index contributed by atoms with van der Waals surface area (Å²) in [6, 6.07) is 3.71. The summed E-state index contributed by atoms with van der Waals surface area (Å²) in [6.45, 7) is 0.0920. The van der Waals surface area contributed by atoms with Crippen LogP contribution in [0.15, 0.2) is 27.6 Å². The van der Waals surface area contributed by atoms with E-state index in [0.717, 1.165) is 12.8 Å². The fraction of sp³-hybridized carbons (Fsp3) is 0.571. The highest BCUT2D eigenvalue weighted by Gasteiger charge is 2.15. The van der Waals surface area contributed by atoms with E-state index in [1.807, 2.05) is 0 Å². The molecule has 0 saturated heterocycles. The topological polar surface area (TPSA) is 51.1 Å². The van der Waals surface area contributed by atoms with Crippen LogP contribution in [0.25, 0.3) is 0 Å². The van der Waals surface area contributed by atoms with Gasteiger partial charge in [-0.1, -0.05) is 25.7 Å². The van der Waals surface area contributed by atoms with Crippen LogP contribution >= 0.6 is 15.9 Å². The van der Waals surface area contributed by atoms with E-state index >= 15 is 0 Å².